The Labute approximate surface area is 144 Å². The van der Waals surface area contributed by atoms with Crippen molar-refractivity contribution in [2.24, 2.45) is 10.7 Å². The predicted octanol–water partition coefficient (Wildman–Crippen LogP) is 3.45. The Morgan fingerprint density at radius 2 is 1.88 bits per heavy atom. The molecule has 3 N–H and O–H groups in total. The summed E-state index contributed by atoms with van der Waals surface area (Å²) in [6.07, 6.45) is 0.806. The van der Waals surface area contributed by atoms with Crippen molar-refractivity contribution >= 4 is 18.3 Å². The van der Waals surface area contributed by atoms with E-state index in [2.05, 4.69) is 29.7 Å². The van der Waals surface area contributed by atoms with Gasteiger partial charge in [0.15, 0.2) is 0 Å². The van der Waals surface area contributed by atoms with Crippen LogP contribution in [0.25, 0.3) is 0 Å². The molecule has 0 spiro atoms. The number of amides is 1. The van der Waals surface area contributed by atoms with Crippen molar-refractivity contribution in [3.05, 3.63) is 77.5 Å². The summed E-state index contributed by atoms with van der Waals surface area (Å²) in [5.74, 6) is -0.289. The Morgan fingerprint density at radius 3 is 2.42 bits per heavy atom. The highest BCUT2D eigenvalue weighted by Gasteiger charge is 2.00. The molecule has 0 aromatic heterocycles. The second kappa shape index (κ2) is 10.0. The number of hydrogen-bond acceptors (Lipinski definition) is 3. The summed E-state index contributed by atoms with van der Waals surface area (Å²) >= 11 is 0. The average molecular weight is 323 g/mol. The number of nitrogens with two attached hydrogens (primary N) is 1. The summed E-state index contributed by atoms with van der Waals surface area (Å²) in [4.78, 5) is 14.9. The van der Waals surface area contributed by atoms with E-state index >= 15 is 0 Å². The van der Waals surface area contributed by atoms with E-state index in [-0.39, 0.29) is 11.6 Å². The number of nitrogens with zero attached hydrogens (tertiary/aromatic N) is 1. The Hall–Kier alpha value is -2.88. The molecule has 0 atom stereocenters. The maximum atomic E-state index is 11.1. The van der Waals surface area contributed by atoms with Crippen LogP contribution in [0.5, 0.6) is 0 Å². The van der Waals surface area contributed by atoms with Crippen LogP contribution in [0.3, 0.4) is 0 Å². The first-order valence-corrected chi connectivity index (χ1v) is 7.74. The molecule has 2 aromatic carbocycles. The lowest BCUT2D eigenvalue weighted by Gasteiger charge is -2.05. The molecule has 4 heteroatoms. The molecular formula is C20H25N3O. The van der Waals surface area contributed by atoms with Gasteiger partial charge in [0, 0.05) is 6.54 Å². The predicted molar refractivity (Wildman–Crippen MR) is 102 cm³/mol. The first kappa shape index (κ1) is 19.2. The molecule has 4 nitrogen and oxygen atoms in total. The second-order valence-electron chi connectivity index (χ2n) is 5.46. The largest absolute Gasteiger partial charge is 0.395 e. The number of para-hydroxylation sites is 1. The van der Waals surface area contributed by atoms with E-state index < -0.39 is 0 Å². The minimum Gasteiger partial charge on any atom is -0.395 e. The molecular weight excluding hydrogens is 298 g/mol. The highest BCUT2D eigenvalue weighted by atomic mass is 16.1. The first-order chi connectivity index (χ1) is 11.4. The summed E-state index contributed by atoms with van der Waals surface area (Å²) in [6, 6.07) is 16.1. The molecule has 0 unspecified atom stereocenters. The van der Waals surface area contributed by atoms with Crippen molar-refractivity contribution in [3.8, 4) is 0 Å². The maximum absolute atomic E-state index is 11.1. The van der Waals surface area contributed by atoms with E-state index in [9.17, 15) is 4.79 Å². The van der Waals surface area contributed by atoms with Crippen LogP contribution in [0, 0.1) is 13.8 Å². The molecule has 0 saturated carbocycles. The highest BCUT2D eigenvalue weighted by molar-refractivity contribution is 5.91. The quantitative estimate of drug-likeness (QED) is 0.653. The van der Waals surface area contributed by atoms with Crippen molar-refractivity contribution in [1.29, 1.82) is 0 Å². The van der Waals surface area contributed by atoms with Gasteiger partial charge < -0.3 is 11.1 Å². The maximum Gasteiger partial charge on any atom is 0.266 e. The van der Waals surface area contributed by atoms with Gasteiger partial charge in [0.1, 0.15) is 0 Å². The fraction of sp³-hybridized carbons (Fsp3) is 0.200. The van der Waals surface area contributed by atoms with Crippen LogP contribution in [0.4, 0.5) is 5.69 Å². The van der Waals surface area contributed by atoms with Gasteiger partial charge in [-0.1, -0.05) is 54.6 Å². The van der Waals surface area contributed by atoms with Crippen LogP contribution >= 0.6 is 0 Å². The molecule has 0 aliphatic carbocycles. The molecule has 2 aromatic rings. The average Bonchev–Trinajstić information content (AvgIpc) is 2.56. The molecule has 0 aliphatic heterocycles. The molecule has 0 radical (unpaired) electrons. The Kier molecular flexibility index (Phi) is 7.99. The highest BCUT2D eigenvalue weighted by Crippen LogP contribution is 2.15. The summed E-state index contributed by atoms with van der Waals surface area (Å²) in [7, 11) is 0. The van der Waals surface area contributed by atoms with Gasteiger partial charge in [0.05, 0.1) is 11.4 Å². The Balaban J connectivity index is 0.000000272. The van der Waals surface area contributed by atoms with Crippen LogP contribution in [-0.4, -0.2) is 19.2 Å². The number of rotatable bonds is 5. The van der Waals surface area contributed by atoms with Crippen molar-refractivity contribution in [2.75, 3.05) is 6.54 Å². The molecule has 0 aliphatic rings. The van der Waals surface area contributed by atoms with Gasteiger partial charge >= 0.3 is 0 Å². The number of aryl methyl sites for hydroxylation is 2. The topological polar surface area (TPSA) is 67.5 Å². The van der Waals surface area contributed by atoms with Gasteiger partial charge in [0.25, 0.3) is 5.91 Å². The third kappa shape index (κ3) is 6.92. The monoisotopic (exact) mass is 323 g/mol. The molecule has 2 rings (SSSR count). The standard InChI is InChI=1S/C12H16N2O.C8H9N/c1-9-4-3-5-11(8-9)6-7-14-12(15)10(2)13;1-7-5-3-4-6-8(7)9-2/h3-5,8H,2,6-7,13H2,1H3,(H,14,15);3-6H,2H2,1H3. The van der Waals surface area contributed by atoms with Crippen LogP contribution in [0.2, 0.25) is 0 Å². The zero-order valence-corrected chi connectivity index (χ0v) is 14.4. The molecule has 1 amide bonds. The van der Waals surface area contributed by atoms with Gasteiger partial charge in [0.2, 0.25) is 0 Å². The normalized spacial score (nSPS) is 9.42. The third-order valence-corrected chi connectivity index (χ3v) is 3.36. The SMILES string of the molecule is C=C(N)C(=O)NCCc1cccc(C)c1.C=Nc1ccccc1C. The molecule has 126 valence electrons. The minimum atomic E-state index is -0.289. The zero-order chi connectivity index (χ0) is 17.9. The minimum absolute atomic E-state index is 0.0549. The molecule has 0 bridgehead atoms. The molecule has 24 heavy (non-hydrogen) atoms. The Morgan fingerprint density at radius 1 is 1.17 bits per heavy atom. The summed E-state index contributed by atoms with van der Waals surface area (Å²) in [5.41, 5.74) is 9.86. The van der Waals surface area contributed by atoms with E-state index in [0.29, 0.717) is 6.54 Å². The number of nitrogens with one attached hydrogen (secondary N) is 1. The fourth-order valence-corrected chi connectivity index (χ4v) is 2.04. The molecule has 0 saturated heterocycles. The number of benzene rings is 2. The zero-order valence-electron chi connectivity index (χ0n) is 14.4. The van der Waals surface area contributed by atoms with Crippen molar-refractivity contribution in [2.45, 2.75) is 20.3 Å². The number of carbonyl (C=O) groups is 1. The first-order valence-electron chi connectivity index (χ1n) is 7.74. The van der Waals surface area contributed by atoms with Crippen molar-refractivity contribution in [1.82, 2.24) is 5.32 Å². The smallest absolute Gasteiger partial charge is 0.266 e. The summed E-state index contributed by atoms with van der Waals surface area (Å²) < 4.78 is 0. The van der Waals surface area contributed by atoms with Gasteiger partial charge in [-0.25, -0.2) is 0 Å². The van der Waals surface area contributed by atoms with Crippen molar-refractivity contribution < 1.29 is 4.79 Å². The van der Waals surface area contributed by atoms with Crippen LogP contribution in [-0.2, 0) is 11.2 Å². The lowest BCUT2D eigenvalue weighted by Crippen LogP contribution is -2.29. The van der Waals surface area contributed by atoms with Gasteiger partial charge in [-0.15, -0.1) is 0 Å². The van der Waals surface area contributed by atoms with E-state index in [4.69, 9.17) is 5.73 Å². The Bertz CT molecular complexity index is 708. The van der Waals surface area contributed by atoms with E-state index in [1.807, 2.05) is 56.3 Å². The fourth-order valence-electron chi connectivity index (χ4n) is 2.04. The lowest BCUT2D eigenvalue weighted by atomic mass is 10.1. The van der Waals surface area contributed by atoms with Crippen LogP contribution < -0.4 is 11.1 Å². The third-order valence-electron chi connectivity index (χ3n) is 3.36. The molecule has 0 fully saturated rings. The lowest BCUT2D eigenvalue weighted by molar-refractivity contribution is -0.117. The molecule has 0 heterocycles. The van der Waals surface area contributed by atoms with Crippen LogP contribution in [0.1, 0.15) is 16.7 Å². The number of carbonyl (C=O) groups excluding carboxylic acids is 1. The van der Waals surface area contributed by atoms with E-state index in [1.165, 1.54) is 16.7 Å². The van der Waals surface area contributed by atoms with Crippen molar-refractivity contribution in [3.63, 3.8) is 0 Å². The van der Waals surface area contributed by atoms with Crippen LogP contribution in [0.15, 0.2) is 65.8 Å². The summed E-state index contributed by atoms with van der Waals surface area (Å²) in [6.45, 7) is 11.4. The number of hydrogen-bond donors (Lipinski definition) is 2. The number of aliphatic imine (C=N–C) groups is 1. The van der Waals surface area contributed by atoms with Gasteiger partial charge in [-0.2, -0.15) is 0 Å². The summed E-state index contributed by atoms with van der Waals surface area (Å²) in [5, 5.41) is 2.69. The van der Waals surface area contributed by atoms with E-state index in [0.717, 1.165) is 12.1 Å². The van der Waals surface area contributed by atoms with Gasteiger partial charge in [-0.3, -0.25) is 9.79 Å². The van der Waals surface area contributed by atoms with E-state index in [1.54, 1.807) is 0 Å². The van der Waals surface area contributed by atoms with Gasteiger partial charge in [-0.05, 0) is 44.2 Å². The second-order valence-corrected chi connectivity index (χ2v) is 5.46.